The Labute approximate surface area is 116 Å². The zero-order valence-electron chi connectivity index (χ0n) is 12.0. The minimum absolute atomic E-state index is 0.434. The van der Waals surface area contributed by atoms with Crippen LogP contribution in [0.2, 0.25) is 0 Å². The molecule has 1 saturated heterocycles. The van der Waals surface area contributed by atoms with Gasteiger partial charge in [-0.05, 0) is 43.9 Å². The molecule has 0 radical (unpaired) electrons. The topological polar surface area (TPSA) is 30.5 Å². The molecule has 1 aromatic rings. The molecule has 1 N–H and O–H groups in total. The summed E-state index contributed by atoms with van der Waals surface area (Å²) in [4.78, 5) is 0. The molecule has 0 aromatic heterocycles. The molecule has 0 saturated carbocycles. The van der Waals surface area contributed by atoms with Crippen LogP contribution in [0.3, 0.4) is 0 Å². The fraction of sp³-hybridized carbons (Fsp3) is 0.625. The third-order valence-corrected chi connectivity index (χ3v) is 3.62. The van der Waals surface area contributed by atoms with E-state index >= 15 is 0 Å². The van der Waals surface area contributed by atoms with E-state index in [0.717, 1.165) is 44.8 Å². The second-order valence-corrected chi connectivity index (χ2v) is 5.24. The molecule has 0 aliphatic carbocycles. The van der Waals surface area contributed by atoms with Crippen molar-refractivity contribution >= 4 is 0 Å². The Morgan fingerprint density at radius 2 is 2.32 bits per heavy atom. The molecule has 2 rings (SSSR count). The molecule has 0 amide bonds. The normalized spacial score (nSPS) is 23.3. The first kappa shape index (κ1) is 14.4. The zero-order valence-corrected chi connectivity index (χ0v) is 12.0. The summed E-state index contributed by atoms with van der Waals surface area (Å²) in [5.74, 6) is 0.959. The van der Waals surface area contributed by atoms with Crippen LogP contribution in [0.5, 0.6) is 5.75 Å². The highest BCUT2D eigenvalue weighted by atomic mass is 16.5. The summed E-state index contributed by atoms with van der Waals surface area (Å²) < 4.78 is 11.4. The third-order valence-electron chi connectivity index (χ3n) is 3.62. The molecular formula is C16H25NO2. The van der Waals surface area contributed by atoms with Gasteiger partial charge in [0.05, 0.1) is 6.10 Å². The van der Waals surface area contributed by atoms with E-state index in [1.165, 1.54) is 5.56 Å². The summed E-state index contributed by atoms with van der Waals surface area (Å²) in [7, 11) is 0. The second-order valence-electron chi connectivity index (χ2n) is 5.24. The van der Waals surface area contributed by atoms with Crippen LogP contribution in [-0.4, -0.2) is 31.9 Å². The lowest BCUT2D eigenvalue weighted by atomic mass is 10.0. The molecule has 0 bridgehead atoms. The molecule has 2 atom stereocenters. The van der Waals surface area contributed by atoms with Gasteiger partial charge in [-0.3, -0.25) is 0 Å². The molecule has 3 nitrogen and oxygen atoms in total. The van der Waals surface area contributed by atoms with Crippen LogP contribution in [0.1, 0.15) is 31.7 Å². The molecule has 2 unspecified atom stereocenters. The fourth-order valence-corrected chi connectivity index (χ4v) is 2.49. The Morgan fingerprint density at radius 3 is 3.11 bits per heavy atom. The fourth-order valence-electron chi connectivity index (χ4n) is 2.49. The van der Waals surface area contributed by atoms with Crippen molar-refractivity contribution in [3.63, 3.8) is 0 Å². The van der Waals surface area contributed by atoms with Crippen LogP contribution in [0.4, 0.5) is 0 Å². The molecule has 106 valence electrons. The van der Waals surface area contributed by atoms with Gasteiger partial charge in [-0.15, -0.1) is 0 Å². The summed E-state index contributed by atoms with van der Waals surface area (Å²) in [5, 5.41) is 3.57. The van der Waals surface area contributed by atoms with Crippen molar-refractivity contribution in [1.29, 1.82) is 0 Å². The standard InChI is InChI=1S/C16H25NO2/c1-3-15-12-14(7-9-18-15)17-8-10-19-16-6-4-5-13(2)11-16/h4-6,11,14-15,17H,3,7-10,12H2,1-2H3. The number of hydrogen-bond acceptors (Lipinski definition) is 3. The van der Waals surface area contributed by atoms with Gasteiger partial charge in [-0.25, -0.2) is 0 Å². The summed E-state index contributed by atoms with van der Waals surface area (Å²) >= 11 is 0. The van der Waals surface area contributed by atoms with Crippen molar-refractivity contribution in [3.8, 4) is 5.75 Å². The van der Waals surface area contributed by atoms with Gasteiger partial charge < -0.3 is 14.8 Å². The van der Waals surface area contributed by atoms with E-state index < -0.39 is 0 Å². The summed E-state index contributed by atoms with van der Waals surface area (Å²) in [6.07, 6.45) is 3.78. The second kappa shape index (κ2) is 7.51. The quantitative estimate of drug-likeness (QED) is 0.801. The van der Waals surface area contributed by atoms with Crippen LogP contribution in [0.25, 0.3) is 0 Å². The first-order chi connectivity index (χ1) is 9.28. The summed E-state index contributed by atoms with van der Waals surface area (Å²) in [5.41, 5.74) is 1.24. The van der Waals surface area contributed by atoms with Gasteiger partial charge in [0.1, 0.15) is 12.4 Å². The first-order valence-electron chi connectivity index (χ1n) is 7.32. The third kappa shape index (κ3) is 4.84. The average molecular weight is 263 g/mol. The minimum atomic E-state index is 0.434. The molecule has 0 spiro atoms. The van der Waals surface area contributed by atoms with E-state index in [0.29, 0.717) is 12.1 Å². The van der Waals surface area contributed by atoms with E-state index in [-0.39, 0.29) is 0 Å². The molecule has 3 heteroatoms. The van der Waals surface area contributed by atoms with Crippen molar-refractivity contribution in [2.45, 2.75) is 45.3 Å². The highest BCUT2D eigenvalue weighted by Crippen LogP contribution is 2.16. The number of hydrogen-bond donors (Lipinski definition) is 1. The molecule has 19 heavy (non-hydrogen) atoms. The number of benzene rings is 1. The van der Waals surface area contributed by atoms with Crippen molar-refractivity contribution < 1.29 is 9.47 Å². The lowest BCUT2D eigenvalue weighted by Gasteiger charge is -2.29. The molecule has 1 aliphatic heterocycles. The van der Waals surface area contributed by atoms with E-state index in [4.69, 9.17) is 9.47 Å². The van der Waals surface area contributed by atoms with Gasteiger partial charge in [0, 0.05) is 19.2 Å². The average Bonchev–Trinajstić information content (AvgIpc) is 2.44. The summed E-state index contributed by atoms with van der Waals surface area (Å²) in [6, 6.07) is 8.77. The van der Waals surface area contributed by atoms with E-state index in [2.05, 4.69) is 31.3 Å². The van der Waals surface area contributed by atoms with Crippen molar-refractivity contribution in [2.24, 2.45) is 0 Å². The van der Waals surface area contributed by atoms with E-state index in [1.54, 1.807) is 0 Å². The van der Waals surface area contributed by atoms with Crippen LogP contribution in [0.15, 0.2) is 24.3 Å². The molecule has 1 aliphatic rings. The lowest BCUT2D eigenvalue weighted by Crippen LogP contribution is -2.40. The number of nitrogens with one attached hydrogen (secondary N) is 1. The van der Waals surface area contributed by atoms with Crippen LogP contribution in [-0.2, 0) is 4.74 Å². The van der Waals surface area contributed by atoms with Crippen molar-refractivity contribution in [2.75, 3.05) is 19.8 Å². The number of aryl methyl sites for hydroxylation is 1. The Kier molecular flexibility index (Phi) is 5.67. The van der Waals surface area contributed by atoms with Crippen LogP contribution >= 0.6 is 0 Å². The largest absolute Gasteiger partial charge is 0.492 e. The first-order valence-corrected chi connectivity index (χ1v) is 7.32. The highest BCUT2D eigenvalue weighted by molar-refractivity contribution is 5.27. The van der Waals surface area contributed by atoms with Gasteiger partial charge in [-0.1, -0.05) is 19.1 Å². The van der Waals surface area contributed by atoms with Gasteiger partial charge in [0.2, 0.25) is 0 Å². The van der Waals surface area contributed by atoms with Gasteiger partial charge in [0.25, 0.3) is 0 Å². The molecule has 1 aromatic carbocycles. The van der Waals surface area contributed by atoms with Crippen molar-refractivity contribution in [3.05, 3.63) is 29.8 Å². The maximum absolute atomic E-state index is 5.74. The predicted octanol–water partition coefficient (Wildman–Crippen LogP) is 2.92. The lowest BCUT2D eigenvalue weighted by molar-refractivity contribution is -0.000410. The Balaban J connectivity index is 1.64. The van der Waals surface area contributed by atoms with E-state index in [1.807, 2.05) is 12.1 Å². The Morgan fingerprint density at radius 1 is 1.42 bits per heavy atom. The highest BCUT2D eigenvalue weighted by Gasteiger charge is 2.20. The minimum Gasteiger partial charge on any atom is -0.492 e. The SMILES string of the molecule is CCC1CC(NCCOc2cccc(C)c2)CCO1. The smallest absolute Gasteiger partial charge is 0.119 e. The predicted molar refractivity (Wildman–Crippen MR) is 77.7 cm³/mol. The molecular weight excluding hydrogens is 238 g/mol. The number of ether oxygens (including phenoxy) is 2. The Hall–Kier alpha value is -1.06. The van der Waals surface area contributed by atoms with Crippen LogP contribution < -0.4 is 10.1 Å². The number of rotatable bonds is 6. The maximum atomic E-state index is 5.74. The monoisotopic (exact) mass is 263 g/mol. The van der Waals surface area contributed by atoms with Gasteiger partial charge in [0.15, 0.2) is 0 Å². The van der Waals surface area contributed by atoms with Gasteiger partial charge >= 0.3 is 0 Å². The van der Waals surface area contributed by atoms with Crippen LogP contribution in [0, 0.1) is 6.92 Å². The molecule has 1 fully saturated rings. The Bertz CT molecular complexity index is 381. The van der Waals surface area contributed by atoms with Gasteiger partial charge in [-0.2, -0.15) is 0 Å². The zero-order chi connectivity index (χ0) is 13.5. The van der Waals surface area contributed by atoms with E-state index in [9.17, 15) is 0 Å². The molecule has 1 heterocycles. The maximum Gasteiger partial charge on any atom is 0.119 e. The summed E-state index contributed by atoms with van der Waals surface area (Å²) in [6.45, 7) is 6.77. The van der Waals surface area contributed by atoms with Crippen molar-refractivity contribution in [1.82, 2.24) is 5.32 Å².